The van der Waals surface area contributed by atoms with Gasteiger partial charge in [0, 0.05) is 13.1 Å². The van der Waals surface area contributed by atoms with Crippen molar-refractivity contribution in [3.8, 4) is 11.5 Å². The van der Waals surface area contributed by atoms with E-state index in [1.165, 1.54) is 36.4 Å². The summed E-state index contributed by atoms with van der Waals surface area (Å²) in [5, 5.41) is 13.8. The first kappa shape index (κ1) is 22.4. The molecule has 3 aliphatic heterocycles. The second kappa shape index (κ2) is 9.36. The predicted molar refractivity (Wildman–Crippen MR) is 123 cm³/mol. The van der Waals surface area contributed by atoms with Gasteiger partial charge in [-0.1, -0.05) is 56.6 Å². The molecule has 2 fully saturated rings. The van der Waals surface area contributed by atoms with Crippen molar-refractivity contribution in [2.24, 2.45) is 5.92 Å². The summed E-state index contributed by atoms with van der Waals surface area (Å²) in [6.07, 6.45) is 6.38. The molecular weight excluding hydrogens is 432 g/mol. The Morgan fingerprint density at radius 3 is 2.35 bits per heavy atom. The number of fused-ring (bicyclic) bond motifs is 2. The lowest BCUT2D eigenvalue weighted by molar-refractivity contribution is -0.150. The van der Waals surface area contributed by atoms with Crippen LogP contribution in [0.1, 0.15) is 57.9 Å². The van der Waals surface area contributed by atoms with Crippen LogP contribution >= 0.6 is 23.5 Å². The molecule has 1 atom stereocenters. The van der Waals surface area contributed by atoms with Gasteiger partial charge in [-0.3, -0.25) is 9.59 Å². The number of unbranched alkanes of at least 4 members (excludes halogenated alkanes) is 1. The van der Waals surface area contributed by atoms with Crippen LogP contribution in [-0.2, 0) is 9.59 Å². The molecule has 3 aliphatic rings. The molecule has 4 rings (SSSR count). The highest BCUT2D eigenvalue weighted by Gasteiger charge is 2.45. The number of hydrogen-bond acceptors (Lipinski definition) is 6. The Hall–Kier alpha value is -1.80. The zero-order valence-electron chi connectivity index (χ0n) is 18.4. The number of phenolic OH excluding ortho intramolecular Hbond substituents is 1. The van der Waals surface area contributed by atoms with E-state index in [9.17, 15) is 14.7 Å². The van der Waals surface area contributed by atoms with Gasteiger partial charge in [0.1, 0.15) is 17.1 Å². The molecule has 6 nitrogen and oxygen atoms in total. The quantitative estimate of drug-likeness (QED) is 0.450. The molecule has 8 heteroatoms. The maximum Gasteiger partial charge on any atom is 0.279 e. The van der Waals surface area contributed by atoms with Crippen LogP contribution < -0.4 is 4.74 Å². The lowest BCUT2D eigenvalue weighted by Crippen LogP contribution is -2.45. The maximum absolute atomic E-state index is 13.0. The number of carbonyl (C=O) groups excluding carboxylic acids is 2. The highest BCUT2D eigenvalue weighted by molar-refractivity contribution is 8.25. The standard InChI is InChI=1S/C23H30N2O4S2/c1-4-6-9-15(5-2)13-29-16-12-14(3)18(26)20-19(16)30-23(31-20)17-21(27)24-10-7-8-11-25(24)22(17)28/h12,15,26H,4-11,13H2,1-3H3. The lowest BCUT2D eigenvalue weighted by Gasteiger charge is -2.31. The van der Waals surface area contributed by atoms with Gasteiger partial charge in [-0.2, -0.15) is 0 Å². The molecule has 2 amide bonds. The van der Waals surface area contributed by atoms with Crippen LogP contribution in [0.5, 0.6) is 11.5 Å². The monoisotopic (exact) mass is 462 g/mol. The predicted octanol–water partition coefficient (Wildman–Crippen LogP) is 5.08. The molecule has 31 heavy (non-hydrogen) atoms. The van der Waals surface area contributed by atoms with Crippen molar-refractivity contribution in [1.29, 1.82) is 0 Å². The fraction of sp³-hybridized carbons (Fsp3) is 0.565. The largest absolute Gasteiger partial charge is 0.506 e. The first-order valence-electron chi connectivity index (χ1n) is 11.2. The highest BCUT2D eigenvalue weighted by atomic mass is 32.2. The number of aromatic hydroxyl groups is 1. The Morgan fingerprint density at radius 2 is 1.74 bits per heavy atom. The van der Waals surface area contributed by atoms with Gasteiger partial charge in [-0.05, 0) is 43.7 Å². The first-order valence-corrected chi connectivity index (χ1v) is 12.8. The number of hydrazine groups is 1. The zero-order chi connectivity index (χ0) is 22.1. The Labute approximate surface area is 192 Å². The van der Waals surface area contributed by atoms with E-state index in [-0.39, 0.29) is 23.1 Å². The third-order valence-electron chi connectivity index (χ3n) is 6.16. The Bertz CT molecular complexity index is 905. The number of aryl methyl sites for hydroxylation is 1. The smallest absolute Gasteiger partial charge is 0.279 e. The van der Waals surface area contributed by atoms with Gasteiger partial charge in [-0.15, -0.1) is 0 Å². The van der Waals surface area contributed by atoms with E-state index < -0.39 is 0 Å². The summed E-state index contributed by atoms with van der Waals surface area (Å²) in [4.78, 5) is 27.4. The number of carbonyl (C=O) groups is 2. The summed E-state index contributed by atoms with van der Waals surface area (Å²) < 4.78 is 6.88. The molecule has 0 aliphatic carbocycles. The Kier molecular flexibility index (Phi) is 6.77. The number of hydrogen-bond donors (Lipinski definition) is 1. The molecule has 1 unspecified atom stereocenters. The van der Waals surface area contributed by atoms with E-state index in [0.717, 1.165) is 41.9 Å². The molecule has 2 saturated heterocycles. The van der Waals surface area contributed by atoms with Crippen LogP contribution in [0.3, 0.4) is 0 Å². The molecular formula is C23H30N2O4S2. The summed E-state index contributed by atoms with van der Waals surface area (Å²) in [7, 11) is 0. The van der Waals surface area contributed by atoms with Crippen molar-refractivity contribution in [2.75, 3.05) is 19.7 Å². The fourth-order valence-electron chi connectivity index (χ4n) is 4.15. The van der Waals surface area contributed by atoms with Crippen LogP contribution in [0.2, 0.25) is 0 Å². The number of amides is 2. The first-order chi connectivity index (χ1) is 15.0. The number of phenols is 1. The normalized spacial score (nSPS) is 19.2. The van der Waals surface area contributed by atoms with Crippen LogP contribution in [0.15, 0.2) is 25.7 Å². The second-order valence-corrected chi connectivity index (χ2v) is 10.7. The van der Waals surface area contributed by atoms with Crippen LogP contribution in [-0.4, -0.2) is 46.6 Å². The minimum atomic E-state index is -0.225. The number of ether oxygens (including phenoxy) is 1. The Morgan fingerprint density at radius 1 is 1.10 bits per heavy atom. The lowest BCUT2D eigenvalue weighted by atomic mass is 10.0. The molecule has 0 radical (unpaired) electrons. The third kappa shape index (κ3) is 4.16. The van der Waals surface area contributed by atoms with Crippen molar-refractivity contribution in [3.05, 3.63) is 21.4 Å². The Balaban J connectivity index is 1.61. The van der Waals surface area contributed by atoms with Gasteiger partial charge in [0.05, 0.1) is 20.6 Å². The molecule has 0 spiro atoms. The minimum Gasteiger partial charge on any atom is -0.506 e. The molecule has 0 bridgehead atoms. The van der Waals surface area contributed by atoms with Crippen molar-refractivity contribution < 1.29 is 19.4 Å². The number of nitrogens with zero attached hydrogens (tertiary/aromatic N) is 2. The van der Waals surface area contributed by atoms with Crippen molar-refractivity contribution in [1.82, 2.24) is 10.0 Å². The van der Waals surface area contributed by atoms with Gasteiger partial charge in [0.25, 0.3) is 11.8 Å². The molecule has 1 aromatic rings. The molecule has 168 valence electrons. The van der Waals surface area contributed by atoms with Gasteiger partial charge < -0.3 is 9.84 Å². The zero-order valence-corrected chi connectivity index (χ0v) is 20.0. The number of benzene rings is 1. The number of rotatable bonds is 7. The van der Waals surface area contributed by atoms with E-state index in [4.69, 9.17) is 4.74 Å². The van der Waals surface area contributed by atoms with E-state index in [1.54, 1.807) is 10.0 Å². The SMILES string of the molecule is CCCCC(CC)COc1cc(C)c(O)c2c1SC(=C1C(=O)N3CCCCN3C1=O)S2. The van der Waals surface area contributed by atoms with Crippen LogP contribution in [0, 0.1) is 12.8 Å². The summed E-state index contributed by atoms with van der Waals surface area (Å²) in [6, 6.07) is 1.87. The van der Waals surface area contributed by atoms with E-state index in [2.05, 4.69) is 13.8 Å². The van der Waals surface area contributed by atoms with Gasteiger partial charge >= 0.3 is 0 Å². The molecule has 0 aromatic heterocycles. The average Bonchev–Trinajstić information content (AvgIpc) is 3.32. The second-order valence-electron chi connectivity index (χ2n) is 8.36. The highest BCUT2D eigenvalue weighted by Crippen LogP contribution is 2.60. The van der Waals surface area contributed by atoms with Gasteiger partial charge in [0.15, 0.2) is 0 Å². The minimum absolute atomic E-state index is 0.199. The summed E-state index contributed by atoms with van der Waals surface area (Å²) >= 11 is 2.69. The van der Waals surface area contributed by atoms with Crippen molar-refractivity contribution in [2.45, 2.75) is 69.1 Å². The number of thioether (sulfide) groups is 2. The van der Waals surface area contributed by atoms with E-state index in [1.807, 2.05) is 13.0 Å². The summed E-state index contributed by atoms with van der Waals surface area (Å²) in [5.41, 5.74) is 0.963. The van der Waals surface area contributed by atoms with Crippen molar-refractivity contribution >= 4 is 35.3 Å². The van der Waals surface area contributed by atoms with Gasteiger partial charge in [-0.25, -0.2) is 10.0 Å². The topological polar surface area (TPSA) is 70.1 Å². The molecule has 3 heterocycles. The summed E-state index contributed by atoms with van der Waals surface area (Å²) in [5.74, 6) is 0.963. The average molecular weight is 463 g/mol. The van der Waals surface area contributed by atoms with Crippen LogP contribution in [0.25, 0.3) is 0 Å². The molecule has 1 aromatic carbocycles. The summed E-state index contributed by atoms with van der Waals surface area (Å²) in [6.45, 7) is 8.03. The van der Waals surface area contributed by atoms with E-state index in [0.29, 0.717) is 34.7 Å². The third-order valence-corrected chi connectivity index (χ3v) is 8.77. The fourth-order valence-corrected chi connectivity index (χ4v) is 6.85. The molecule has 0 saturated carbocycles. The van der Waals surface area contributed by atoms with Gasteiger partial charge in [0.2, 0.25) is 0 Å². The maximum atomic E-state index is 13.0. The van der Waals surface area contributed by atoms with Crippen LogP contribution in [0.4, 0.5) is 0 Å². The van der Waals surface area contributed by atoms with Crippen molar-refractivity contribution in [3.63, 3.8) is 0 Å². The molecule has 1 N–H and O–H groups in total. The van der Waals surface area contributed by atoms with E-state index >= 15 is 0 Å².